The van der Waals surface area contributed by atoms with Gasteiger partial charge in [0.1, 0.15) is 11.9 Å². The molecule has 0 saturated carbocycles. The summed E-state index contributed by atoms with van der Waals surface area (Å²) in [7, 11) is -0.830. The van der Waals surface area contributed by atoms with Gasteiger partial charge in [-0.25, -0.2) is 12.8 Å². The first kappa shape index (κ1) is 20.5. The Hall–Kier alpha value is -2.81. The standard InChI is InChI=1S/C18H21FN2O5S/c1-12(21(27(4,23)24)15-8-5-13(19)6-9-15)18(22)20-14-7-10-16(25-2)17(11-14)26-3/h5-12H,1-4H3,(H,20,22)/t12-/m1/s1. The predicted octanol–water partition coefficient (Wildman–Crippen LogP) is 2.64. The van der Waals surface area contributed by atoms with Crippen LogP contribution in [0.4, 0.5) is 15.8 Å². The molecule has 0 aromatic heterocycles. The zero-order valence-corrected chi connectivity index (χ0v) is 16.2. The smallest absolute Gasteiger partial charge is 0.247 e. The van der Waals surface area contributed by atoms with Crippen molar-refractivity contribution < 1.29 is 27.1 Å². The molecule has 1 amide bonds. The van der Waals surface area contributed by atoms with Gasteiger partial charge in [-0.1, -0.05) is 0 Å². The second kappa shape index (κ2) is 8.26. The van der Waals surface area contributed by atoms with Gasteiger partial charge in [-0.15, -0.1) is 0 Å². The Morgan fingerprint density at radius 3 is 2.19 bits per heavy atom. The van der Waals surface area contributed by atoms with Crippen LogP contribution in [0.15, 0.2) is 42.5 Å². The van der Waals surface area contributed by atoms with E-state index in [2.05, 4.69) is 5.32 Å². The van der Waals surface area contributed by atoms with Crippen LogP contribution in [0.5, 0.6) is 11.5 Å². The highest BCUT2D eigenvalue weighted by molar-refractivity contribution is 7.92. The highest BCUT2D eigenvalue weighted by Gasteiger charge is 2.29. The van der Waals surface area contributed by atoms with Gasteiger partial charge in [0.05, 0.1) is 26.2 Å². The number of sulfonamides is 1. The molecule has 146 valence electrons. The lowest BCUT2D eigenvalue weighted by molar-refractivity contribution is -0.116. The van der Waals surface area contributed by atoms with Gasteiger partial charge in [0.15, 0.2) is 11.5 Å². The third-order valence-electron chi connectivity index (χ3n) is 3.82. The Balaban J connectivity index is 2.29. The summed E-state index contributed by atoms with van der Waals surface area (Å²) in [5.74, 6) is -0.152. The lowest BCUT2D eigenvalue weighted by Crippen LogP contribution is -2.45. The first-order valence-electron chi connectivity index (χ1n) is 7.95. The molecule has 0 spiro atoms. The summed E-state index contributed by atoms with van der Waals surface area (Å²) in [6.07, 6.45) is 0.983. The van der Waals surface area contributed by atoms with Gasteiger partial charge >= 0.3 is 0 Å². The largest absolute Gasteiger partial charge is 0.493 e. The summed E-state index contributed by atoms with van der Waals surface area (Å²) < 4.78 is 48.8. The molecule has 0 unspecified atom stereocenters. The number of hydrogen-bond donors (Lipinski definition) is 1. The monoisotopic (exact) mass is 396 g/mol. The molecule has 0 bridgehead atoms. The number of nitrogens with zero attached hydrogens (tertiary/aromatic N) is 1. The van der Waals surface area contributed by atoms with Crippen LogP contribution in [0.3, 0.4) is 0 Å². The summed E-state index contributed by atoms with van der Waals surface area (Å²) in [6.45, 7) is 1.44. The number of rotatable bonds is 7. The maximum Gasteiger partial charge on any atom is 0.247 e. The van der Waals surface area contributed by atoms with Crippen LogP contribution >= 0.6 is 0 Å². The van der Waals surface area contributed by atoms with E-state index < -0.39 is 27.8 Å². The Labute approximate surface area is 157 Å². The lowest BCUT2D eigenvalue weighted by atomic mass is 10.2. The van der Waals surface area contributed by atoms with Gasteiger partial charge in [0.25, 0.3) is 0 Å². The molecule has 2 rings (SSSR count). The number of ether oxygens (including phenoxy) is 2. The summed E-state index contributed by atoms with van der Waals surface area (Å²) in [5.41, 5.74) is 0.603. The summed E-state index contributed by atoms with van der Waals surface area (Å²) >= 11 is 0. The molecule has 2 aromatic rings. The molecular weight excluding hydrogens is 375 g/mol. The van der Waals surface area contributed by atoms with Crippen molar-refractivity contribution in [2.24, 2.45) is 0 Å². The van der Waals surface area contributed by atoms with Crippen LogP contribution in [-0.2, 0) is 14.8 Å². The molecule has 0 fully saturated rings. The molecule has 27 heavy (non-hydrogen) atoms. The number of amides is 1. The zero-order chi connectivity index (χ0) is 20.2. The van der Waals surface area contributed by atoms with Crippen molar-refractivity contribution in [2.75, 3.05) is 30.1 Å². The average molecular weight is 396 g/mol. The summed E-state index contributed by atoms with van der Waals surface area (Å²) in [6, 6.07) is 8.58. The highest BCUT2D eigenvalue weighted by atomic mass is 32.2. The molecule has 1 N–H and O–H groups in total. The first-order valence-corrected chi connectivity index (χ1v) is 9.80. The summed E-state index contributed by atoms with van der Waals surface area (Å²) in [4.78, 5) is 12.6. The third kappa shape index (κ3) is 4.88. The fourth-order valence-electron chi connectivity index (χ4n) is 2.56. The van der Waals surface area contributed by atoms with Crippen LogP contribution in [0, 0.1) is 5.82 Å². The molecular formula is C18H21FN2O5S. The average Bonchev–Trinajstić information content (AvgIpc) is 2.62. The Morgan fingerprint density at radius 1 is 1.07 bits per heavy atom. The molecule has 0 radical (unpaired) electrons. The van der Waals surface area contributed by atoms with E-state index >= 15 is 0 Å². The molecule has 0 heterocycles. The van der Waals surface area contributed by atoms with Crippen LogP contribution in [0.25, 0.3) is 0 Å². The van der Waals surface area contributed by atoms with Gasteiger partial charge in [0, 0.05) is 11.8 Å². The van der Waals surface area contributed by atoms with Gasteiger partial charge in [0.2, 0.25) is 15.9 Å². The fraction of sp³-hybridized carbons (Fsp3) is 0.278. The topological polar surface area (TPSA) is 84.9 Å². The minimum atomic E-state index is -3.79. The van der Waals surface area contributed by atoms with E-state index in [0.29, 0.717) is 17.2 Å². The summed E-state index contributed by atoms with van der Waals surface area (Å²) in [5, 5.41) is 2.65. The molecule has 9 heteroatoms. The van der Waals surface area contributed by atoms with Crippen LogP contribution < -0.4 is 19.1 Å². The van der Waals surface area contributed by atoms with Gasteiger partial charge in [-0.05, 0) is 43.3 Å². The fourth-order valence-corrected chi connectivity index (χ4v) is 3.73. The quantitative estimate of drug-likeness (QED) is 0.778. The van der Waals surface area contributed by atoms with E-state index in [-0.39, 0.29) is 5.69 Å². The van der Waals surface area contributed by atoms with Crippen LogP contribution in [-0.4, -0.2) is 40.8 Å². The van der Waals surface area contributed by atoms with Crippen molar-refractivity contribution in [1.82, 2.24) is 0 Å². The number of methoxy groups -OCH3 is 2. The van der Waals surface area contributed by atoms with Crippen LogP contribution in [0.1, 0.15) is 6.92 Å². The maximum atomic E-state index is 13.2. The number of carbonyl (C=O) groups is 1. The lowest BCUT2D eigenvalue weighted by Gasteiger charge is -2.28. The van der Waals surface area contributed by atoms with E-state index in [0.717, 1.165) is 22.7 Å². The third-order valence-corrected chi connectivity index (χ3v) is 5.06. The molecule has 0 aliphatic rings. The minimum Gasteiger partial charge on any atom is -0.493 e. The van der Waals surface area contributed by atoms with Crippen molar-refractivity contribution in [1.29, 1.82) is 0 Å². The first-order chi connectivity index (χ1) is 12.7. The maximum absolute atomic E-state index is 13.2. The Morgan fingerprint density at radius 2 is 1.67 bits per heavy atom. The highest BCUT2D eigenvalue weighted by Crippen LogP contribution is 2.30. The van der Waals surface area contributed by atoms with Crippen molar-refractivity contribution >= 4 is 27.3 Å². The molecule has 2 aromatic carbocycles. The second-order valence-electron chi connectivity index (χ2n) is 5.77. The molecule has 0 aliphatic carbocycles. The van der Waals surface area contributed by atoms with E-state index in [1.807, 2.05) is 0 Å². The number of benzene rings is 2. The number of anilines is 2. The van der Waals surface area contributed by atoms with Gasteiger partial charge in [-0.2, -0.15) is 0 Å². The number of carbonyl (C=O) groups excluding carboxylic acids is 1. The van der Waals surface area contributed by atoms with E-state index in [4.69, 9.17) is 9.47 Å². The van der Waals surface area contributed by atoms with Crippen molar-refractivity contribution in [3.05, 3.63) is 48.3 Å². The Kier molecular flexibility index (Phi) is 6.27. The number of nitrogens with one attached hydrogen (secondary N) is 1. The molecule has 0 saturated heterocycles. The molecule has 0 aliphatic heterocycles. The van der Waals surface area contributed by atoms with Crippen LogP contribution in [0.2, 0.25) is 0 Å². The van der Waals surface area contributed by atoms with E-state index in [1.165, 1.54) is 33.3 Å². The van der Waals surface area contributed by atoms with Crippen molar-refractivity contribution in [3.8, 4) is 11.5 Å². The number of hydrogen-bond acceptors (Lipinski definition) is 5. The minimum absolute atomic E-state index is 0.189. The van der Waals surface area contributed by atoms with Gasteiger partial charge in [-0.3, -0.25) is 9.10 Å². The van der Waals surface area contributed by atoms with Gasteiger partial charge < -0.3 is 14.8 Å². The zero-order valence-electron chi connectivity index (χ0n) is 15.4. The normalized spacial score (nSPS) is 12.2. The van der Waals surface area contributed by atoms with Crippen molar-refractivity contribution in [3.63, 3.8) is 0 Å². The predicted molar refractivity (Wildman–Crippen MR) is 101 cm³/mol. The van der Waals surface area contributed by atoms with E-state index in [1.54, 1.807) is 18.2 Å². The van der Waals surface area contributed by atoms with E-state index in [9.17, 15) is 17.6 Å². The SMILES string of the molecule is COc1ccc(NC(=O)[C@@H](C)N(c2ccc(F)cc2)S(C)(=O)=O)cc1OC. The Bertz CT molecular complexity index is 916. The molecule has 1 atom stereocenters. The van der Waals surface area contributed by atoms with Crippen molar-refractivity contribution in [2.45, 2.75) is 13.0 Å². The second-order valence-corrected chi connectivity index (χ2v) is 7.63. The number of halogens is 1. The molecule has 7 nitrogen and oxygen atoms in total.